The number of aromatic nitrogens is 2. The second kappa shape index (κ2) is 4.45. The summed E-state index contributed by atoms with van der Waals surface area (Å²) in [5, 5.41) is 4.17. The number of nitrogens with two attached hydrogens (primary N) is 1. The van der Waals surface area contributed by atoms with E-state index in [-0.39, 0.29) is 5.82 Å². The van der Waals surface area contributed by atoms with Crippen LogP contribution in [0.25, 0.3) is 11.3 Å². The molecule has 1 aromatic carbocycles. The van der Waals surface area contributed by atoms with Crippen LogP contribution in [0.5, 0.6) is 0 Å². The van der Waals surface area contributed by atoms with Gasteiger partial charge in [-0.25, -0.2) is 4.39 Å². The zero-order valence-electron chi connectivity index (χ0n) is 9.15. The molecule has 0 saturated heterocycles. The predicted octanol–water partition coefficient (Wildman–Crippen LogP) is 2.17. The molecular weight excluding hydrogens is 205 g/mol. The van der Waals surface area contributed by atoms with E-state index >= 15 is 0 Å². The molecule has 2 N–H and O–H groups in total. The molecule has 3 nitrogen and oxygen atoms in total. The fourth-order valence-corrected chi connectivity index (χ4v) is 1.78. The Balaban J connectivity index is 2.58. The molecule has 0 radical (unpaired) electrons. The fraction of sp³-hybridized carbons (Fsp3) is 0.250. The second-order valence-electron chi connectivity index (χ2n) is 3.54. The number of aryl methyl sites for hydroxylation is 1. The number of hydrogen-bond acceptors (Lipinski definition) is 2. The average molecular weight is 219 g/mol. The van der Waals surface area contributed by atoms with Crippen molar-refractivity contribution in [3.05, 3.63) is 41.8 Å². The highest BCUT2D eigenvalue weighted by atomic mass is 19.1. The van der Waals surface area contributed by atoms with Crippen LogP contribution in [0.2, 0.25) is 0 Å². The molecule has 2 aromatic rings. The van der Waals surface area contributed by atoms with Crippen molar-refractivity contribution < 1.29 is 4.39 Å². The topological polar surface area (TPSA) is 43.8 Å². The predicted molar refractivity (Wildman–Crippen MR) is 61.2 cm³/mol. The third-order valence-electron chi connectivity index (χ3n) is 2.58. The van der Waals surface area contributed by atoms with E-state index in [0.717, 1.165) is 23.4 Å². The zero-order chi connectivity index (χ0) is 11.5. The summed E-state index contributed by atoms with van der Waals surface area (Å²) in [6.07, 6.45) is 1.71. The van der Waals surface area contributed by atoms with E-state index < -0.39 is 0 Å². The lowest BCUT2D eigenvalue weighted by molar-refractivity contribution is 0.626. The minimum Gasteiger partial charge on any atom is -0.326 e. The van der Waals surface area contributed by atoms with Gasteiger partial charge in [-0.15, -0.1) is 0 Å². The van der Waals surface area contributed by atoms with Gasteiger partial charge in [0.05, 0.1) is 5.69 Å². The first-order chi connectivity index (χ1) is 7.76. The lowest BCUT2D eigenvalue weighted by Gasteiger charge is -2.09. The summed E-state index contributed by atoms with van der Waals surface area (Å²) in [5.74, 6) is -0.254. The van der Waals surface area contributed by atoms with Gasteiger partial charge in [-0.1, -0.05) is 6.07 Å². The number of benzene rings is 1. The van der Waals surface area contributed by atoms with Crippen molar-refractivity contribution in [3.63, 3.8) is 0 Å². The highest BCUT2D eigenvalue weighted by Gasteiger charge is 2.09. The summed E-state index contributed by atoms with van der Waals surface area (Å²) < 4.78 is 15.1. The molecule has 0 aliphatic rings. The summed E-state index contributed by atoms with van der Waals surface area (Å²) in [4.78, 5) is 0. The zero-order valence-corrected chi connectivity index (χ0v) is 9.15. The van der Waals surface area contributed by atoms with Crippen molar-refractivity contribution in [2.45, 2.75) is 20.0 Å². The first kappa shape index (κ1) is 10.8. The SMILES string of the molecule is CCn1nccc1-c1cc(F)ccc1CN. The van der Waals surface area contributed by atoms with Crippen LogP contribution < -0.4 is 5.73 Å². The lowest BCUT2D eigenvalue weighted by Crippen LogP contribution is -2.04. The van der Waals surface area contributed by atoms with E-state index in [1.807, 2.05) is 17.7 Å². The van der Waals surface area contributed by atoms with Crippen molar-refractivity contribution >= 4 is 0 Å². The van der Waals surface area contributed by atoms with Crippen LogP contribution in [0.4, 0.5) is 4.39 Å². The van der Waals surface area contributed by atoms with Gasteiger partial charge in [0.2, 0.25) is 0 Å². The number of hydrogen-bond donors (Lipinski definition) is 1. The summed E-state index contributed by atoms with van der Waals surface area (Å²) in [6.45, 7) is 3.14. The Morgan fingerprint density at radius 1 is 1.38 bits per heavy atom. The Morgan fingerprint density at radius 3 is 2.88 bits per heavy atom. The molecule has 84 valence electrons. The fourth-order valence-electron chi connectivity index (χ4n) is 1.78. The quantitative estimate of drug-likeness (QED) is 0.859. The van der Waals surface area contributed by atoms with Crippen LogP contribution in [0.3, 0.4) is 0 Å². The van der Waals surface area contributed by atoms with Crippen molar-refractivity contribution in [2.24, 2.45) is 5.73 Å². The molecule has 2 rings (SSSR count). The molecule has 0 atom stereocenters. The minimum atomic E-state index is -0.254. The van der Waals surface area contributed by atoms with Gasteiger partial charge in [0.1, 0.15) is 5.82 Å². The summed E-state index contributed by atoms with van der Waals surface area (Å²) in [5.41, 5.74) is 8.30. The Hall–Kier alpha value is -1.68. The highest BCUT2D eigenvalue weighted by Crippen LogP contribution is 2.24. The van der Waals surface area contributed by atoms with E-state index in [0.29, 0.717) is 6.54 Å². The Morgan fingerprint density at radius 2 is 2.19 bits per heavy atom. The first-order valence-electron chi connectivity index (χ1n) is 5.27. The van der Waals surface area contributed by atoms with Gasteiger partial charge < -0.3 is 5.73 Å². The molecule has 0 spiro atoms. The molecule has 0 aliphatic heterocycles. The largest absolute Gasteiger partial charge is 0.326 e. The standard InChI is InChI=1S/C12H14FN3/c1-2-16-12(5-6-15-16)11-7-10(13)4-3-9(11)8-14/h3-7H,2,8,14H2,1H3. The van der Waals surface area contributed by atoms with Crippen molar-refractivity contribution in [3.8, 4) is 11.3 Å². The van der Waals surface area contributed by atoms with Gasteiger partial charge in [0, 0.05) is 24.8 Å². The molecule has 16 heavy (non-hydrogen) atoms. The van der Waals surface area contributed by atoms with Crippen LogP contribution in [0, 0.1) is 5.82 Å². The van der Waals surface area contributed by atoms with Crippen LogP contribution in [0.1, 0.15) is 12.5 Å². The molecule has 0 aliphatic carbocycles. The summed E-state index contributed by atoms with van der Waals surface area (Å²) in [6, 6.07) is 6.53. The average Bonchev–Trinajstić information content (AvgIpc) is 2.76. The van der Waals surface area contributed by atoms with E-state index in [2.05, 4.69) is 5.10 Å². The molecular formula is C12H14FN3. The molecule has 4 heteroatoms. The van der Waals surface area contributed by atoms with E-state index in [1.54, 1.807) is 12.3 Å². The number of nitrogens with zero attached hydrogens (tertiary/aromatic N) is 2. The Kier molecular flexibility index (Phi) is 3.01. The van der Waals surface area contributed by atoms with E-state index in [1.165, 1.54) is 12.1 Å². The molecule has 0 saturated carbocycles. The maximum absolute atomic E-state index is 13.2. The van der Waals surface area contributed by atoms with Crippen LogP contribution in [0.15, 0.2) is 30.5 Å². The highest BCUT2D eigenvalue weighted by molar-refractivity contribution is 5.64. The molecule has 0 unspecified atom stereocenters. The van der Waals surface area contributed by atoms with Crippen molar-refractivity contribution in [2.75, 3.05) is 0 Å². The second-order valence-corrected chi connectivity index (χ2v) is 3.54. The van der Waals surface area contributed by atoms with Gasteiger partial charge in [-0.2, -0.15) is 5.10 Å². The third-order valence-corrected chi connectivity index (χ3v) is 2.58. The maximum Gasteiger partial charge on any atom is 0.123 e. The van der Waals surface area contributed by atoms with Gasteiger partial charge in [0.15, 0.2) is 0 Å². The van der Waals surface area contributed by atoms with Crippen molar-refractivity contribution in [1.82, 2.24) is 9.78 Å². The maximum atomic E-state index is 13.2. The molecule has 1 aromatic heterocycles. The van der Waals surface area contributed by atoms with E-state index in [9.17, 15) is 4.39 Å². The third kappa shape index (κ3) is 1.84. The molecule has 0 amide bonds. The van der Waals surface area contributed by atoms with E-state index in [4.69, 9.17) is 5.73 Å². The number of halogens is 1. The molecule has 0 fully saturated rings. The summed E-state index contributed by atoms with van der Waals surface area (Å²) >= 11 is 0. The molecule has 1 heterocycles. The normalized spacial score (nSPS) is 10.7. The van der Waals surface area contributed by atoms with Crippen molar-refractivity contribution in [1.29, 1.82) is 0 Å². The number of rotatable bonds is 3. The Bertz CT molecular complexity index is 491. The van der Waals surface area contributed by atoms with Crippen LogP contribution >= 0.6 is 0 Å². The van der Waals surface area contributed by atoms with Crippen LogP contribution in [-0.4, -0.2) is 9.78 Å². The lowest BCUT2D eigenvalue weighted by atomic mass is 10.0. The minimum absolute atomic E-state index is 0.254. The molecule has 0 bridgehead atoms. The van der Waals surface area contributed by atoms with Gasteiger partial charge in [-0.3, -0.25) is 4.68 Å². The Labute approximate surface area is 93.7 Å². The van der Waals surface area contributed by atoms with Gasteiger partial charge in [0.25, 0.3) is 0 Å². The van der Waals surface area contributed by atoms with Crippen LogP contribution in [-0.2, 0) is 13.1 Å². The first-order valence-corrected chi connectivity index (χ1v) is 5.27. The smallest absolute Gasteiger partial charge is 0.123 e. The summed E-state index contributed by atoms with van der Waals surface area (Å²) in [7, 11) is 0. The van der Waals surface area contributed by atoms with Gasteiger partial charge in [-0.05, 0) is 30.7 Å². The van der Waals surface area contributed by atoms with Gasteiger partial charge >= 0.3 is 0 Å². The monoisotopic (exact) mass is 219 g/mol.